The SMILES string of the molecule is CCn1nc(C)c(-c2cnc[nH]2)c1C. The van der Waals surface area contributed by atoms with E-state index in [0.717, 1.165) is 17.9 Å². The van der Waals surface area contributed by atoms with Crippen LogP contribution in [-0.4, -0.2) is 19.7 Å². The van der Waals surface area contributed by atoms with Crippen LogP contribution in [0.4, 0.5) is 0 Å². The molecule has 4 nitrogen and oxygen atoms in total. The second kappa shape index (κ2) is 3.29. The van der Waals surface area contributed by atoms with Crippen molar-refractivity contribution >= 4 is 0 Å². The molecular weight excluding hydrogens is 176 g/mol. The van der Waals surface area contributed by atoms with Gasteiger partial charge in [0.15, 0.2) is 0 Å². The summed E-state index contributed by atoms with van der Waals surface area (Å²) in [5, 5.41) is 4.45. The Kier molecular flexibility index (Phi) is 2.11. The van der Waals surface area contributed by atoms with Crippen LogP contribution in [0.2, 0.25) is 0 Å². The van der Waals surface area contributed by atoms with Crippen molar-refractivity contribution in [3.8, 4) is 11.3 Å². The Hall–Kier alpha value is -1.58. The van der Waals surface area contributed by atoms with E-state index in [2.05, 4.69) is 28.9 Å². The van der Waals surface area contributed by atoms with Crippen LogP contribution in [-0.2, 0) is 6.54 Å². The Morgan fingerprint density at radius 3 is 2.71 bits per heavy atom. The third kappa shape index (κ3) is 1.23. The molecule has 0 aliphatic rings. The number of rotatable bonds is 2. The number of aryl methyl sites for hydroxylation is 2. The van der Waals surface area contributed by atoms with Gasteiger partial charge in [0.2, 0.25) is 0 Å². The Bertz CT molecular complexity index is 425. The summed E-state index contributed by atoms with van der Waals surface area (Å²) >= 11 is 0. The van der Waals surface area contributed by atoms with Crippen molar-refractivity contribution in [2.24, 2.45) is 0 Å². The lowest BCUT2D eigenvalue weighted by Gasteiger charge is -1.99. The number of H-pyrrole nitrogens is 1. The zero-order chi connectivity index (χ0) is 10.1. The second-order valence-corrected chi connectivity index (χ2v) is 3.33. The summed E-state index contributed by atoms with van der Waals surface area (Å²) in [4.78, 5) is 7.13. The topological polar surface area (TPSA) is 46.5 Å². The van der Waals surface area contributed by atoms with Crippen molar-refractivity contribution in [1.29, 1.82) is 0 Å². The minimum absolute atomic E-state index is 0.904. The summed E-state index contributed by atoms with van der Waals surface area (Å²) in [5.41, 5.74) is 4.45. The lowest BCUT2D eigenvalue weighted by atomic mass is 10.1. The zero-order valence-electron chi connectivity index (χ0n) is 8.70. The van der Waals surface area contributed by atoms with Gasteiger partial charge in [-0.3, -0.25) is 4.68 Å². The molecule has 0 unspecified atom stereocenters. The molecule has 14 heavy (non-hydrogen) atoms. The highest BCUT2D eigenvalue weighted by molar-refractivity contribution is 5.63. The Morgan fingerprint density at radius 2 is 2.21 bits per heavy atom. The van der Waals surface area contributed by atoms with Crippen LogP contribution in [0.3, 0.4) is 0 Å². The molecule has 0 bridgehead atoms. The summed E-state index contributed by atoms with van der Waals surface area (Å²) in [5.74, 6) is 0. The minimum Gasteiger partial charge on any atom is -0.345 e. The van der Waals surface area contributed by atoms with Crippen molar-refractivity contribution in [2.75, 3.05) is 0 Å². The highest BCUT2D eigenvalue weighted by Crippen LogP contribution is 2.24. The quantitative estimate of drug-likeness (QED) is 0.786. The molecule has 0 aromatic carbocycles. The van der Waals surface area contributed by atoms with E-state index in [1.807, 2.05) is 17.8 Å². The Balaban J connectivity index is 2.58. The van der Waals surface area contributed by atoms with Gasteiger partial charge in [0, 0.05) is 17.8 Å². The number of aromatic nitrogens is 4. The first-order chi connectivity index (χ1) is 6.74. The summed E-state index contributed by atoms with van der Waals surface area (Å²) in [6, 6.07) is 0. The van der Waals surface area contributed by atoms with Crippen LogP contribution >= 0.6 is 0 Å². The summed E-state index contributed by atoms with van der Waals surface area (Å²) in [7, 11) is 0. The van der Waals surface area contributed by atoms with E-state index >= 15 is 0 Å². The third-order valence-corrected chi connectivity index (χ3v) is 2.45. The van der Waals surface area contributed by atoms with Crippen LogP contribution in [0.15, 0.2) is 12.5 Å². The largest absolute Gasteiger partial charge is 0.345 e. The number of hydrogen-bond donors (Lipinski definition) is 1. The van der Waals surface area contributed by atoms with Crippen LogP contribution < -0.4 is 0 Å². The second-order valence-electron chi connectivity index (χ2n) is 3.33. The lowest BCUT2D eigenvalue weighted by molar-refractivity contribution is 0.634. The summed E-state index contributed by atoms with van der Waals surface area (Å²) in [6.45, 7) is 7.10. The fourth-order valence-corrected chi connectivity index (χ4v) is 1.79. The van der Waals surface area contributed by atoms with Crippen molar-refractivity contribution in [3.63, 3.8) is 0 Å². The van der Waals surface area contributed by atoms with Crippen LogP contribution in [0.25, 0.3) is 11.3 Å². The molecule has 0 atom stereocenters. The minimum atomic E-state index is 0.904. The molecule has 0 saturated carbocycles. The number of aromatic amines is 1. The van der Waals surface area contributed by atoms with Crippen LogP contribution in [0.5, 0.6) is 0 Å². The number of hydrogen-bond acceptors (Lipinski definition) is 2. The van der Waals surface area contributed by atoms with E-state index in [-0.39, 0.29) is 0 Å². The first-order valence-corrected chi connectivity index (χ1v) is 4.76. The van der Waals surface area contributed by atoms with E-state index < -0.39 is 0 Å². The molecule has 0 radical (unpaired) electrons. The molecule has 0 aliphatic heterocycles. The van der Waals surface area contributed by atoms with Gasteiger partial charge in [-0.15, -0.1) is 0 Å². The molecule has 74 valence electrons. The average Bonchev–Trinajstić information content (AvgIpc) is 2.74. The molecule has 2 aromatic heterocycles. The first kappa shape index (κ1) is 8.99. The van der Waals surface area contributed by atoms with Gasteiger partial charge < -0.3 is 4.98 Å². The highest BCUT2D eigenvalue weighted by Gasteiger charge is 2.12. The van der Waals surface area contributed by atoms with Gasteiger partial charge in [-0.2, -0.15) is 5.10 Å². The fraction of sp³-hybridized carbons (Fsp3) is 0.400. The molecule has 1 N–H and O–H groups in total. The predicted molar refractivity (Wildman–Crippen MR) is 55.0 cm³/mol. The van der Waals surface area contributed by atoms with Gasteiger partial charge >= 0.3 is 0 Å². The van der Waals surface area contributed by atoms with E-state index in [1.54, 1.807) is 6.33 Å². The predicted octanol–water partition coefficient (Wildman–Crippen LogP) is 1.91. The molecule has 0 amide bonds. The summed E-state index contributed by atoms with van der Waals surface area (Å²) < 4.78 is 2.01. The highest BCUT2D eigenvalue weighted by atomic mass is 15.3. The number of nitrogens with one attached hydrogen (secondary N) is 1. The fourth-order valence-electron chi connectivity index (χ4n) is 1.79. The van der Waals surface area contributed by atoms with Crippen LogP contribution in [0, 0.1) is 13.8 Å². The van der Waals surface area contributed by atoms with E-state index in [1.165, 1.54) is 11.3 Å². The van der Waals surface area contributed by atoms with Gasteiger partial charge in [-0.25, -0.2) is 4.98 Å². The van der Waals surface area contributed by atoms with Gasteiger partial charge in [-0.1, -0.05) is 0 Å². The molecule has 2 rings (SSSR count). The molecule has 0 saturated heterocycles. The zero-order valence-corrected chi connectivity index (χ0v) is 8.70. The normalized spacial score (nSPS) is 10.8. The standard InChI is InChI=1S/C10H14N4/c1-4-14-8(3)10(7(2)13-14)9-5-11-6-12-9/h5-6H,4H2,1-3H3,(H,11,12). The molecule has 0 fully saturated rings. The summed E-state index contributed by atoms with van der Waals surface area (Å²) in [6.07, 6.45) is 3.52. The van der Waals surface area contributed by atoms with Crippen molar-refractivity contribution in [3.05, 3.63) is 23.9 Å². The Morgan fingerprint density at radius 1 is 1.43 bits per heavy atom. The molecule has 0 spiro atoms. The third-order valence-electron chi connectivity index (χ3n) is 2.45. The van der Waals surface area contributed by atoms with Gasteiger partial charge in [0.25, 0.3) is 0 Å². The average molecular weight is 190 g/mol. The smallest absolute Gasteiger partial charge is 0.0924 e. The van der Waals surface area contributed by atoms with Gasteiger partial charge in [0.1, 0.15) is 0 Å². The maximum atomic E-state index is 4.45. The van der Waals surface area contributed by atoms with Gasteiger partial charge in [0.05, 0.1) is 23.9 Å². The van der Waals surface area contributed by atoms with Crippen molar-refractivity contribution in [1.82, 2.24) is 19.7 Å². The monoisotopic (exact) mass is 190 g/mol. The van der Waals surface area contributed by atoms with E-state index in [4.69, 9.17) is 0 Å². The number of nitrogens with zero attached hydrogens (tertiary/aromatic N) is 3. The maximum absolute atomic E-state index is 4.45. The molecule has 0 aliphatic carbocycles. The van der Waals surface area contributed by atoms with Crippen molar-refractivity contribution < 1.29 is 0 Å². The maximum Gasteiger partial charge on any atom is 0.0924 e. The molecule has 4 heteroatoms. The van der Waals surface area contributed by atoms with E-state index in [0.29, 0.717) is 0 Å². The Labute approximate surface area is 83.0 Å². The lowest BCUT2D eigenvalue weighted by Crippen LogP contribution is -1.98. The van der Waals surface area contributed by atoms with Crippen LogP contribution in [0.1, 0.15) is 18.3 Å². The first-order valence-electron chi connectivity index (χ1n) is 4.76. The molecule has 2 aromatic rings. The van der Waals surface area contributed by atoms with E-state index in [9.17, 15) is 0 Å². The molecule has 2 heterocycles. The van der Waals surface area contributed by atoms with Crippen molar-refractivity contribution in [2.45, 2.75) is 27.3 Å². The molecular formula is C10H14N4. The van der Waals surface area contributed by atoms with Gasteiger partial charge in [-0.05, 0) is 20.8 Å². The number of imidazole rings is 1.